The number of hydrogen-bond acceptors (Lipinski definition) is 4. The largest absolute Gasteiger partial charge is 0.478 e. The molecule has 1 aliphatic heterocycles. The Morgan fingerprint density at radius 3 is 2.72 bits per heavy atom. The number of aryl methyl sites for hydroxylation is 1. The van der Waals surface area contributed by atoms with Crippen LogP contribution in [0.2, 0.25) is 0 Å². The van der Waals surface area contributed by atoms with Crippen LogP contribution in [0.4, 0.5) is 13.2 Å². The van der Waals surface area contributed by atoms with Crippen molar-refractivity contribution in [1.29, 1.82) is 0 Å². The van der Waals surface area contributed by atoms with Gasteiger partial charge in [-0.05, 0) is 0 Å². The molecule has 98 valence electrons. The minimum atomic E-state index is -5.21. The molecule has 0 radical (unpaired) electrons. The molecule has 18 heavy (non-hydrogen) atoms. The molecule has 1 aromatic rings. The van der Waals surface area contributed by atoms with Crippen molar-refractivity contribution in [1.82, 2.24) is 9.78 Å². The number of halogens is 3. The van der Waals surface area contributed by atoms with Crippen LogP contribution in [0.15, 0.2) is 6.20 Å². The molecule has 0 bridgehead atoms. The van der Waals surface area contributed by atoms with Crippen molar-refractivity contribution >= 4 is 11.9 Å². The SMILES string of the molecule is Cn1ncc2c1CC(C(=O)O)(C(F)(F)F)OC2=O. The highest BCUT2D eigenvalue weighted by Crippen LogP contribution is 2.40. The summed E-state index contributed by atoms with van der Waals surface area (Å²) in [5, 5.41) is 12.4. The van der Waals surface area contributed by atoms with Gasteiger partial charge < -0.3 is 9.84 Å². The quantitative estimate of drug-likeness (QED) is 0.748. The zero-order chi connectivity index (χ0) is 13.7. The van der Waals surface area contributed by atoms with E-state index in [2.05, 4.69) is 9.84 Å². The average Bonchev–Trinajstić information content (AvgIpc) is 2.59. The molecule has 1 N–H and O–H groups in total. The third-order valence-electron chi connectivity index (χ3n) is 2.77. The second-order valence-electron chi connectivity index (χ2n) is 3.82. The summed E-state index contributed by atoms with van der Waals surface area (Å²) in [6.45, 7) is 0. The number of alkyl halides is 3. The summed E-state index contributed by atoms with van der Waals surface area (Å²) >= 11 is 0. The molecule has 6 nitrogen and oxygen atoms in total. The number of carbonyl (C=O) groups excluding carboxylic acids is 1. The van der Waals surface area contributed by atoms with E-state index in [9.17, 15) is 22.8 Å². The van der Waals surface area contributed by atoms with E-state index in [1.165, 1.54) is 7.05 Å². The number of cyclic esters (lactones) is 1. The van der Waals surface area contributed by atoms with Crippen LogP contribution in [-0.4, -0.2) is 38.6 Å². The van der Waals surface area contributed by atoms with Crippen LogP contribution in [0.1, 0.15) is 16.1 Å². The van der Waals surface area contributed by atoms with Gasteiger partial charge in [0.25, 0.3) is 0 Å². The van der Waals surface area contributed by atoms with Crippen LogP contribution in [0.5, 0.6) is 0 Å². The predicted octanol–water partition coefficient (Wildman–Crippen LogP) is 0.519. The number of nitrogens with zero attached hydrogens (tertiary/aromatic N) is 2. The first kappa shape index (κ1) is 12.4. The molecule has 2 rings (SSSR count). The number of fused-ring (bicyclic) bond motifs is 1. The Morgan fingerprint density at radius 2 is 2.22 bits per heavy atom. The van der Waals surface area contributed by atoms with E-state index in [1.54, 1.807) is 0 Å². The Hall–Kier alpha value is -2.06. The van der Waals surface area contributed by atoms with E-state index in [0.29, 0.717) is 0 Å². The van der Waals surface area contributed by atoms with Gasteiger partial charge in [0.05, 0.1) is 18.3 Å². The number of aliphatic carboxylic acids is 1. The molecule has 0 aromatic carbocycles. The molecular formula is C9H7F3N2O4. The van der Waals surface area contributed by atoms with Crippen molar-refractivity contribution in [3.63, 3.8) is 0 Å². The second kappa shape index (κ2) is 3.47. The number of carboxylic acid groups (broad SMARTS) is 1. The van der Waals surface area contributed by atoms with Gasteiger partial charge >= 0.3 is 23.7 Å². The summed E-state index contributed by atoms with van der Waals surface area (Å²) in [4.78, 5) is 22.3. The fourth-order valence-electron chi connectivity index (χ4n) is 1.73. The Balaban J connectivity index is 2.59. The van der Waals surface area contributed by atoms with Crippen molar-refractivity contribution in [2.24, 2.45) is 7.05 Å². The van der Waals surface area contributed by atoms with Crippen molar-refractivity contribution in [2.75, 3.05) is 0 Å². The number of ether oxygens (including phenoxy) is 1. The average molecular weight is 264 g/mol. The molecule has 0 aliphatic carbocycles. The minimum absolute atomic E-state index is 0.119. The molecular weight excluding hydrogens is 257 g/mol. The second-order valence-corrected chi connectivity index (χ2v) is 3.82. The lowest BCUT2D eigenvalue weighted by Crippen LogP contribution is -2.59. The van der Waals surface area contributed by atoms with Crippen LogP contribution in [0.25, 0.3) is 0 Å². The fourth-order valence-corrected chi connectivity index (χ4v) is 1.73. The van der Waals surface area contributed by atoms with Crippen LogP contribution in [0.3, 0.4) is 0 Å². The molecule has 0 saturated heterocycles. The maximum absolute atomic E-state index is 12.9. The number of hydrogen-bond donors (Lipinski definition) is 1. The van der Waals surface area contributed by atoms with Gasteiger partial charge in [0.2, 0.25) is 0 Å². The number of esters is 1. The lowest BCUT2D eigenvalue weighted by molar-refractivity contribution is -0.260. The van der Waals surface area contributed by atoms with E-state index in [4.69, 9.17) is 5.11 Å². The van der Waals surface area contributed by atoms with Crippen molar-refractivity contribution < 1.29 is 32.6 Å². The maximum Gasteiger partial charge on any atom is 0.440 e. The molecule has 1 unspecified atom stereocenters. The third kappa shape index (κ3) is 1.46. The predicted molar refractivity (Wildman–Crippen MR) is 48.7 cm³/mol. The minimum Gasteiger partial charge on any atom is -0.478 e. The highest BCUT2D eigenvalue weighted by molar-refractivity contribution is 5.95. The van der Waals surface area contributed by atoms with E-state index in [0.717, 1.165) is 10.9 Å². The van der Waals surface area contributed by atoms with Gasteiger partial charge in [-0.2, -0.15) is 18.3 Å². The molecule has 2 heterocycles. The van der Waals surface area contributed by atoms with Crippen molar-refractivity contribution in [3.05, 3.63) is 17.5 Å². The van der Waals surface area contributed by atoms with Crippen molar-refractivity contribution in [2.45, 2.75) is 18.2 Å². The summed E-state index contributed by atoms with van der Waals surface area (Å²) in [6, 6.07) is 0. The molecule has 1 atom stereocenters. The molecule has 1 aliphatic rings. The summed E-state index contributed by atoms with van der Waals surface area (Å²) in [6.07, 6.45) is -5.17. The monoisotopic (exact) mass is 264 g/mol. The Labute approximate surface area is 97.9 Å². The van der Waals surface area contributed by atoms with Gasteiger partial charge in [0.1, 0.15) is 5.56 Å². The summed E-state index contributed by atoms with van der Waals surface area (Å²) in [7, 11) is 1.32. The van der Waals surface area contributed by atoms with Gasteiger partial charge in [0.15, 0.2) is 0 Å². The van der Waals surface area contributed by atoms with Crippen molar-refractivity contribution in [3.8, 4) is 0 Å². The van der Waals surface area contributed by atoms with Crippen LogP contribution in [-0.2, 0) is 23.0 Å². The number of aromatic nitrogens is 2. The zero-order valence-corrected chi connectivity index (χ0v) is 8.98. The zero-order valence-electron chi connectivity index (χ0n) is 8.98. The first-order valence-electron chi connectivity index (χ1n) is 4.73. The number of carbonyl (C=O) groups is 2. The van der Waals surface area contributed by atoms with Gasteiger partial charge in [0, 0.05) is 7.05 Å². The fraction of sp³-hybridized carbons (Fsp3) is 0.444. The summed E-state index contributed by atoms with van der Waals surface area (Å²) in [5.74, 6) is -3.60. The first-order valence-corrected chi connectivity index (χ1v) is 4.73. The maximum atomic E-state index is 12.9. The van der Waals surface area contributed by atoms with Crippen LogP contribution < -0.4 is 0 Å². The van der Waals surface area contributed by atoms with Gasteiger partial charge in [-0.3, -0.25) is 4.68 Å². The molecule has 0 fully saturated rings. The topological polar surface area (TPSA) is 81.4 Å². The van der Waals surface area contributed by atoms with E-state index in [-0.39, 0.29) is 11.3 Å². The molecule has 9 heteroatoms. The lowest BCUT2D eigenvalue weighted by Gasteiger charge is -2.33. The Bertz CT molecular complexity index is 536. The highest BCUT2D eigenvalue weighted by atomic mass is 19.4. The molecule has 1 aromatic heterocycles. The van der Waals surface area contributed by atoms with E-state index < -0.39 is 30.1 Å². The van der Waals surface area contributed by atoms with E-state index in [1.807, 2.05) is 0 Å². The van der Waals surface area contributed by atoms with Crippen LogP contribution >= 0.6 is 0 Å². The van der Waals surface area contributed by atoms with Gasteiger partial charge in [-0.15, -0.1) is 0 Å². The standard InChI is InChI=1S/C9H7F3N2O4/c1-14-5-2-8(7(16)17,9(10,11)12)18-6(15)4(5)3-13-14/h3H,2H2,1H3,(H,16,17). The van der Waals surface area contributed by atoms with Gasteiger partial charge in [-0.1, -0.05) is 0 Å². The van der Waals surface area contributed by atoms with Gasteiger partial charge in [-0.25, -0.2) is 9.59 Å². The summed E-state index contributed by atoms with van der Waals surface area (Å²) < 4.78 is 43.7. The Morgan fingerprint density at radius 1 is 1.61 bits per heavy atom. The summed E-state index contributed by atoms with van der Waals surface area (Å²) in [5.41, 5.74) is -3.82. The molecule has 0 spiro atoms. The lowest BCUT2D eigenvalue weighted by atomic mass is 9.92. The third-order valence-corrected chi connectivity index (χ3v) is 2.77. The normalized spacial score (nSPS) is 23.4. The molecule has 0 amide bonds. The van der Waals surface area contributed by atoms with Crippen LogP contribution in [0, 0.1) is 0 Å². The highest BCUT2D eigenvalue weighted by Gasteiger charge is 2.66. The Kier molecular flexibility index (Phi) is 2.39. The van der Waals surface area contributed by atoms with E-state index >= 15 is 0 Å². The molecule has 0 saturated carbocycles. The number of carboxylic acids is 1. The smallest absolute Gasteiger partial charge is 0.440 e. The number of rotatable bonds is 1. The first-order chi connectivity index (χ1) is 8.19.